The van der Waals surface area contributed by atoms with Crippen LogP contribution in [0.1, 0.15) is 31.7 Å². The summed E-state index contributed by atoms with van der Waals surface area (Å²) in [6.45, 7) is 2.25. The molecule has 0 aromatic heterocycles. The molecule has 1 amide bonds. The van der Waals surface area contributed by atoms with Gasteiger partial charge >= 0.3 is 5.97 Å². The molecule has 2 atom stereocenters. The number of likely N-dealkylation sites (tertiary alicyclic amines) is 1. The third-order valence-corrected chi connectivity index (χ3v) is 3.92. The molecular weight excluding hydrogens is 273 g/mol. The molecule has 1 fully saturated rings. The molecule has 1 aliphatic heterocycles. The zero-order valence-electron chi connectivity index (χ0n) is 12.1. The van der Waals surface area contributed by atoms with Gasteiger partial charge in [0.2, 0.25) is 5.91 Å². The Balaban J connectivity index is 2.05. The first-order chi connectivity index (χ1) is 9.99. The number of carboxylic acid groups (broad SMARTS) is 1. The molecule has 1 aromatic carbocycles. The van der Waals surface area contributed by atoms with Crippen LogP contribution < -0.4 is 0 Å². The van der Waals surface area contributed by atoms with E-state index < -0.39 is 12.0 Å². The van der Waals surface area contributed by atoms with E-state index in [0.717, 1.165) is 18.4 Å². The van der Waals surface area contributed by atoms with Gasteiger partial charge in [-0.05, 0) is 43.4 Å². The molecule has 0 aliphatic carbocycles. The lowest BCUT2D eigenvalue weighted by Crippen LogP contribution is -2.50. The predicted molar refractivity (Wildman–Crippen MR) is 76.3 cm³/mol. The number of carbonyl (C=O) groups is 2. The Bertz CT molecular complexity index is 532. The van der Waals surface area contributed by atoms with E-state index in [1.807, 2.05) is 0 Å². The maximum absolute atomic E-state index is 13.2. The second kappa shape index (κ2) is 6.70. The zero-order valence-corrected chi connectivity index (χ0v) is 12.1. The maximum atomic E-state index is 13.2. The highest BCUT2D eigenvalue weighted by Crippen LogP contribution is 2.21. The van der Waals surface area contributed by atoms with Crippen molar-refractivity contribution in [1.29, 1.82) is 0 Å². The zero-order chi connectivity index (χ0) is 15.4. The average Bonchev–Trinajstić information content (AvgIpc) is 2.46. The molecule has 1 aliphatic rings. The predicted octanol–water partition coefficient (Wildman–Crippen LogP) is 2.47. The maximum Gasteiger partial charge on any atom is 0.326 e. The van der Waals surface area contributed by atoms with Crippen LogP contribution in [0.4, 0.5) is 4.39 Å². The van der Waals surface area contributed by atoms with Gasteiger partial charge in [0, 0.05) is 12.5 Å². The SMILES string of the molecule is CC(Cc1cccc(F)c1)C(=O)N1CCCCC1C(=O)O. The van der Waals surface area contributed by atoms with E-state index in [0.29, 0.717) is 19.4 Å². The highest BCUT2D eigenvalue weighted by atomic mass is 19.1. The number of carbonyl (C=O) groups excluding carboxylic acids is 1. The largest absolute Gasteiger partial charge is 0.480 e. The minimum Gasteiger partial charge on any atom is -0.480 e. The van der Waals surface area contributed by atoms with E-state index in [2.05, 4.69) is 0 Å². The van der Waals surface area contributed by atoms with Gasteiger partial charge in [0.05, 0.1) is 0 Å². The van der Waals surface area contributed by atoms with Crippen LogP contribution in [0.5, 0.6) is 0 Å². The lowest BCUT2D eigenvalue weighted by molar-refractivity contribution is -0.153. The van der Waals surface area contributed by atoms with Gasteiger partial charge in [-0.25, -0.2) is 9.18 Å². The average molecular weight is 293 g/mol. The molecule has 0 spiro atoms. The summed E-state index contributed by atoms with van der Waals surface area (Å²) in [7, 11) is 0. The lowest BCUT2D eigenvalue weighted by Gasteiger charge is -2.34. The van der Waals surface area contributed by atoms with E-state index in [4.69, 9.17) is 0 Å². The number of benzene rings is 1. The van der Waals surface area contributed by atoms with Crippen molar-refractivity contribution in [1.82, 2.24) is 4.90 Å². The fraction of sp³-hybridized carbons (Fsp3) is 0.500. The Hall–Kier alpha value is -1.91. The molecule has 1 N–H and O–H groups in total. The van der Waals surface area contributed by atoms with Gasteiger partial charge in [-0.15, -0.1) is 0 Å². The van der Waals surface area contributed by atoms with Crippen LogP contribution in [-0.4, -0.2) is 34.5 Å². The number of rotatable bonds is 4. The first-order valence-electron chi connectivity index (χ1n) is 7.26. The van der Waals surface area contributed by atoms with Crippen LogP contribution in [0.3, 0.4) is 0 Å². The van der Waals surface area contributed by atoms with Crippen LogP contribution in [0.2, 0.25) is 0 Å². The number of nitrogens with zero attached hydrogens (tertiary/aromatic N) is 1. The van der Waals surface area contributed by atoms with Gasteiger partial charge < -0.3 is 10.0 Å². The molecule has 1 aromatic rings. The Morgan fingerprint density at radius 2 is 2.19 bits per heavy atom. The standard InChI is InChI=1S/C16H20FNO3/c1-11(9-12-5-4-6-13(17)10-12)15(19)18-8-3-2-7-14(18)16(20)21/h4-6,10-11,14H,2-3,7-9H2,1H3,(H,20,21). The molecular formula is C16H20FNO3. The first kappa shape index (κ1) is 15.5. The summed E-state index contributed by atoms with van der Waals surface area (Å²) in [6, 6.07) is 5.44. The molecule has 0 saturated carbocycles. The number of hydrogen-bond acceptors (Lipinski definition) is 2. The van der Waals surface area contributed by atoms with Gasteiger partial charge in [-0.3, -0.25) is 4.79 Å². The topological polar surface area (TPSA) is 57.6 Å². The minimum absolute atomic E-state index is 0.161. The lowest BCUT2D eigenvalue weighted by atomic mass is 9.96. The minimum atomic E-state index is -0.944. The van der Waals surface area contributed by atoms with Crippen molar-refractivity contribution in [3.8, 4) is 0 Å². The molecule has 0 radical (unpaired) electrons. The van der Waals surface area contributed by atoms with Crippen molar-refractivity contribution in [2.45, 2.75) is 38.6 Å². The summed E-state index contributed by atoms with van der Waals surface area (Å²) in [6.07, 6.45) is 2.59. The van der Waals surface area contributed by atoms with Gasteiger partial charge in [-0.2, -0.15) is 0 Å². The highest BCUT2D eigenvalue weighted by Gasteiger charge is 2.33. The number of amides is 1. The third-order valence-electron chi connectivity index (χ3n) is 3.92. The molecule has 21 heavy (non-hydrogen) atoms. The molecule has 2 unspecified atom stereocenters. The second-order valence-electron chi connectivity index (χ2n) is 5.62. The number of halogens is 1. The Morgan fingerprint density at radius 1 is 1.43 bits per heavy atom. The van der Waals surface area contributed by atoms with Crippen molar-refractivity contribution in [2.24, 2.45) is 5.92 Å². The van der Waals surface area contributed by atoms with Crippen LogP contribution in [0.15, 0.2) is 24.3 Å². The Kier molecular flexibility index (Phi) is 4.94. The normalized spacial score (nSPS) is 20.1. The van der Waals surface area contributed by atoms with Crippen molar-refractivity contribution in [3.63, 3.8) is 0 Å². The molecule has 4 nitrogen and oxygen atoms in total. The van der Waals surface area contributed by atoms with Crippen LogP contribution in [0.25, 0.3) is 0 Å². The van der Waals surface area contributed by atoms with Crippen molar-refractivity contribution < 1.29 is 19.1 Å². The molecule has 1 heterocycles. The van der Waals surface area contributed by atoms with E-state index in [1.165, 1.54) is 17.0 Å². The van der Waals surface area contributed by atoms with E-state index >= 15 is 0 Å². The molecule has 2 rings (SSSR count). The van der Waals surface area contributed by atoms with Gasteiger partial charge in [0.1, 0.15) is 11.9 Å². The monoisotopic (exact) mass is 293 g/mol. The third kappa shape index (κ3) is 3.80. The first-order valence-corrected chi connectivity index (χ1v) is 7.26. The summed E-state index contributed by atoms with van der Waals surface area (Å²) in [5.41, 5.74) is 0.750. The van der Waals surface area contributed by atoms with Gasteiger partial charge in [0.15, 0.2) is 0 Å². The van der Waals surface area contributed by atoms with Gasteiger partial charge in [-0.1, -0.05) is 19.1 Å². The molecule has 0 bridgehead atoms. The van der Waals surface area contributed by atoms with Crippen LogP contribution in [0, 0.1) is 11.7 Å². The van der Waals surface area contributed by atoms with Crippen LogP contribution >= 0.6 is 0 Å². The van der Waals surface area contributed by atoms with Gasteiger partial charge in [0.25, 0.3) is 0 Å². The van der Waals surface area contributed by atoms with Crippen molar-refractivity contribution >= 4 is 11.9 Å². The quantitative estimate of drug-likeness (QED) is 0.927. The number of aliphatic carboxylic acids is 1. The Labute approximate surface area is 123 Å². The summed E-state index contributed by atoms with van der Waals surface area (Å²) in [5.74, 6) is -1.78. The Morgan fingerprint density at radius 3 is 2.86 bits per heavy atom. The summed E-state index contributed by atoms with van der Waals surface area (Å²) in [5, 5.41) is 9.22. The molecule has 114 valence electrons. The smallest absolute Gasteiger partial charge is 0.326 e. The van der Waals surface area contributed by atoms with Crippen molar-refractivity contribution in [2.75, 3.05) is 6.54 Å². The summed E-state index contributed by atoms with van der Waals surface area (Å²) >= 11 is 0. The van der Waals surface area contributed by atoms with E-state index in [1.54, 1.807) is 19.1 Å². The number of piperidine rings is 1. The van der Waals surface area contributed by atoms with Crippen molar-refractivity contribution in [3.05, 3.63) is 35.6 Å². The van der Waals surface area contributed by atoms with E-state index in [9.17, 15) is 19.1 Å². The summed E-state index contributed by atoms with van der Waals surface area (Å²) in [4.78, 5) is 25.2. The second-order valence-corrected chi connectivity index (χ2v) is 5.62. The fourth-order valence-electron chi connectivity index (χ4n) is 2.84. The molecule has 5 heteroatoms. The molecule has 1 saturated heterocycles. The number of hydrogen-bond donors (Lipinski definition) is 1. The van der Waals surface area contributed by atoms with E-state index in [-0.39, 0.29) is 17.6 Å². The van der Waals surface area contributed by atoms with Crippen LogP contribution in [-0.2, 0) is 16.0 Å². The highest BCUT2D eigenvalue weighted by molar-refractivity contribution is 5.85. The summed E-state index contributed by atoms with van der Waals surface area (Å²) < 4.78 is 13.2. The fourth-order valence-corrected chi connectivity index (χ4v) is 2.84. The number of carboxylic acids is 1.